The SMILES string of the molecule is COc1ccc(NC(=O)CSc2nnc(-c3ccc4c(c3)OCO4)n2C[C@H]2CCCO2)cc1. The lowest BCUT2D eigenvalue weighted by Gasteiger charge is -2.15. The molecule has 1 amide bonds. The molecule has 0 unspecified atom stereocenters. The van der Waals surface area contributed by atoms with Gasteiger partial charge in [-0.25, -0.2) is 0 Å². The van der Waals surface area contributed by atoms with Crippen LogP contribution in [0.1, 0.15) is 12.8 Å². The predicted molar refractivity (Wildman–Crippen MR) is 123 cm³/mol. The van der Waals surface area contributed by atoms with Crippen molar-refractivity contribution in [1.29, 1.82) is 0 Å². The van der Waals surface area contributed by atoms with Crippen molar-refractivity contribution >= 4 is 23.4 Å². The van der Waals surface area contributed by atoms with Crippen LogP contribution in [0.15, 0.2) is 47.6 Å². The fraction of sp³-hybridized carbons (Fsp3) is 0.348. The van der Waals surface area contributed by atoms with E-state index in [-0.39, 0.29) is 24.6 Å². The molecule has 0 radical (unpaired) electrons. The number of fused-ring (bicyclic) bond motifs is 1. The van der Waals surface area contributed by atoms with Crippen LogP contribution in [0.25, 0.3) is 11.4 Å². The highest BCUT2D eigenvalue weighted by Crippen LogP contribution is 2.36. The Hall–Kier alpha value is -3.24. The second-order valence-electron chi connectivity index (χ2n) is 7.69. The Balaban J connectivity index is 1.32. The summed E-state index contributed by atoms with van der Waals surface area (Å²) in [4.78, 5) is 12.5. The average Bonchev–Trinajstić information content (AvgIpc) is 3.59. The van der Waals surface area contributed by atoms with Gasteiger partial charge in [-0.2, -0.15) is 0 Å². The molecule has 2 aromatic carbocycles. The van der Waals surface area contributed by atoms with Crippen LogP contribution in [0.5, 0.6) is 17.2 Å². The molecule has 0 bridgehead atoms. The highest BCUT2D eigenvalue weighted by atomic mass is 32.2. The number of hydrogen-bond acceptors (Lipinski definition) is 8. The number of nitrogens with zero attached hydrogens (tertiary/aromatic N) is 3. The third-order valence-corrected chi connectivity index (χ3v) is 6.43. The topological polar surface area (TPSA) is 96.7 Å². The first kappa shape index (κ1) is 21.6. The van der Waals surface area contributed by atoms with Gasteiger partial charge in [0, 0.05) is 17.9 Å². The van der Waals surface area contributed by atoms with Crippen molar-refractivity contribution in [2.24, 2.45) is 0 Å². The van der Waals surface area contributed by atoms with E-state index in [1.165, 1.54) is 11.8 Å². The lowest BCUT2D eigenvalue weighted by Crippen LogP contribution is -2.18. The maximum Gasteiger partial charge on any atom is 0.234 e. The first-order valence-corrected chi connectivity index (χ1v) is 11.7. The van der Waals surface area contributed by atoms with E-state index in [9.17, 15) is 4.79 Å². The van der Waals surface area contributed by atoms with Crippen molar-refractivity contribution in [2.75, 3.05) is 31.6 Å². The molecule has 2 aliphatic heterocycles. The van der Waals surface area contributed by atoms with Gasteiger partial charge in [-0.15, -0.1) is 10.2 Å². The van der Waals surface area contributed by atoms with Crippen molar-refractivity contribution in [3.63, 3.8) is 0 Å². The number of methoxy groups -OCH3 is 1. The van der Waals surface area contributed by atoms with E-state index in [0.29, 0.717) is 34.7 Å². The minimum Gasteiger partial charge on any atom is -0.497 e. The number of benzene rings is 2. The molecule has 10 heteroatoms. The normalized spacial score (nSPS) is 16.7. The Morgan fingerprint density at radius 2 is 2.03 bits per heavy atom. The molecule has 3 aromatic rings. The molecule has 1 N–H and O–H groups in total. The first-order chi connectivity index (χ1) is 16.2. The van der Waals surface area contributed by atoms with E-state index in [2.05, 4.69) is 15.5 Å². The van der Waals surface area contributed by atoms with Crippen LogP contribution in [0.3, 0.4) is 0 Å². The second kappa shape index (κ2) is 9.72. The average molecular weight is 469 g/mol. The van der Waals surface area contributed by atoms with Gasteiger partial charge >= 0.3 is 0 Å². The van der Waals surface area contributed by atoms with Gasteiger partial charge in [0.1, 0.15) is 5.75 Å². The molecular weight excluding hydrogens is 444 g/mol. The number of nitrogens with one attached hydrogen (secondary N) is 1. The van der Waals surface area contributed by atoms with Crippen molar-refractivity contribution in [3.05, 3.63) is 42.5 Å². The summed E-state index contributed by atoms with van der Waals surface area (Å²) in [5.74, 6) is 2.93. The number of carbonyl (C=O) groups excluding carboxylic acids is 1. The standard InChI is InChI=1S/C23H24N4O5S/c1-29-17-7-5-16(6-8-17)24-21(28)13-33-23-26-25-22(27(23)12-18-3-2-10-30-18)15-4-9-19-20(11-15)32-14-31-19/h4-9,11,18H,2-3,10,12-14H2,1H3,(H,24,28)/t18-/m1/s1. The summed E-state index contributed by atoms with van der Waals surface area (Å²) in [5.41, 5.74) is 1.59. The van der Waals surface area contributed by atoms with E-state index in [0.717, 1.165) is 30.8 Å². The summed E-state index contributed by atoms with van der Waals surface area (Å²) in [5, 5.41) is 12.4. The third kappa shape index (κ3) is 4.91. The molecule has 1 aromatic heterocycles. The van der Waals surface area contributed by atoms with Gasteiger partial charge in [0.15, 0.2) is 22.5 Å². The Morgan fingerprint density at radius 1 is 1.18 bits per heavy atom. The summed E-state index contributed by atoms with van der Waals surface area (Å²) in [6, 6.07) is 12.9. The summed E-state index contributed by atoms with van der Waals surface area (Å²) >= 11 is 1.35. The fourth-order valence-electron chi connectivity index (χ4n) is 3.80. The van der Waals surface area contributed by atoms with Gasteiger partial charge in [-0.1, -0.05) is 11.8 Å². The Bertz CT molecular complexity index is 1130. The predicted octanol–water partition coefficient (Wildman–Crippen LogP) is 3.59. The minimum atomic E-state index is -0.124. The molecule has 0 spiro atoms. The number of ether oxygens (including phenoxy) is 4. The monoisotopic (exact) mass is 468 g/mol. The van der Waals surface area contributed by atoms with E-state index in [1.807, 2.05) is 22.8 Å². The number of hydrogen-bond donors (Lipinski definition) is 1. The van der Waals surface area contributed by atoms with Crippen molar-refractivity contribution in [3.8, 4) is 28.6 Å². The molecule has 0 aliphatic carbocycles. The second-order valence-corrected chi connectivity index (χ2v) is 8.63. The van der Waals surface area contributed by atoms with Crippen molar-refractivity contribution in [2.45, 2.75) is 30.6 Å². The summed E-state index contributed by atoms with van der Waals surface area (Å²) < 4.78 is 24.0. The number of aromatic nitrogens is 3. The molecule has 33 heavy (non-hydrogen) atoms. The molecule has 9 nitrogen and oxygen atoms in total. The molecule has 2 aliphatic rings. The largest absolute Gasteiger partial charge is 0.497 e. The molecule has 172 valence electrons. The van der Waals surface area contributed by atoms with Gasteiger partial charge in [0.05, 0.1) is 25.5 Å². The van der Waals surface area contributed by atoms with Gasteiger partial charge in [0.25, 0.3) is 0 Å². The highest BCUT2D eigenvalue weighted by molar-refractivity contribution is 7.99. The number of amides is 1. The maximum atomic E-state index is 12.5. The zero-order valence-electron chi connectivity index (χ0n) is 18.2. The van der Waals surface area contributed by atoms with Crippen LogP contribution in [0.4, 0.5) is 5.69 Å². The van der Waals surface area contributed by atoms with Gasteiger partial charge in [-0.3, -0.25) is 9.36 Å². The van der Waals surface area contributed by atoms with E-state index in [4.69, 9.17) is 18.9 Å². The molecule has 1 atom stereocenters. The van der Waals surface area contributed by atoms with Crippen LogP contribution >= 0.6 is 11.8 Å². The summed E-state index contributed by atoms with van der Waals surface area (Å²) in [6.45, 7) is 1.60. The van der Waals surface area contributed by atoms with E-state index in [1.54, 1.807) is 31.4 Å². The van der Waals surface area contributed by atoms with Gasteiger partial charge in [0.2, 0.25) is 12.7 Å². The Morgan fingerprint density at radius 3 is 2.82 bits per heavy atom. The number of anilines is 1. The number of thioether (sulfide) groups is 1. The zero-order valence-corrected chi connectivity index (χ0v) is 19.0. The van der Waals surface area contributed by atoms with Crippen molar-refractivity contribution in [1.82, 2.24) is 14.8 Å². The number of rotatable bonds is 8. The van der Waals surface area contributed by atoms with Crippen LogP contribution in [0.2, 0.25) is 0 Å². The van der Waals surface area contributed by atoms with Gasteiger partial charge in [-0.05, 0) is 55.3 Å². The summed E-state index contributed by atoms with van der Waals surface area (Å²) in [7, 11) is 1.61. The zero-order chi connectivity index (χ0) is 22.6. The van der Waals surface area contributed by atoms with Crippen LogP contribution in [-0.2, 0) is 16.1 Å². The molecule has 3 heterocycles. The lowest BCUT2D eigenvalue weighted by molar-refractivity contribution is -0.113. The van der Waals surface area contributed by atoms with E-state index < -0.39 is 0 Å². The van der Waals surface area contributed by atoms with Crippen LogP contribution < -0.4 is 19.5 Å². The molecule has 0 saturated carbocycles. The summed E-state index contributed by atoms with van der Waals surface area (Å²) in [6.07, 6.45) is 2.13. The van der Waals surface area contributed by atoms with Crippen molar-refractivity contribution < 1.29 is 23.7 Å². The van der Waals surface area contributed by atoms with Crippen LogP contribution in [-0.4, -0.2) is 53.0 Å². The molecule has 5 rings (SSSR count). The molecular formula is C23H24N4O5S. The Kier molecular flexibility index (Phi) is 6.36. The molecule has 1 fully saturated rings. The quantitative estimate of drug-likeness (QED) is 0.501. The van der Waals surface area contributed by atoms with Crippen LogP contribution in [0, 0.1) is 0 Å². The number of carbonyl (C=O) groups is 1. The maximum absolute atomic E-state index is 12.5. The fourth-order valence-corrected chi connectivity index (χ4v) is 4.55. The first-order valence-electron chi connectivity index (χ1n) is 10.7. The van der Waals surface area contributed by atoms with E-state index >= 15 is 0 Å². The molecule has 1 saturated heterocycles. The Labute approximate surface area is 195 Å². The lowest BCUT2D eigenvalue weighted by atomic mass is 10.2. The van der Waals surface area contributed by atoms with Gasteiger partial charge < -0.3 is 24.3 Å². The highest BCUT2D eigenvalue weighted by Gasteiger charge is 2.23. The minimum absolute atomic E-state index is 0.0984. The third-order valence-electron chi connectivity index (χ3n) is 5.46. The smallest absolute Gasteiger partial charge is 0.234 e.